The number of phenols is 1. The van der Waals surface area contributed by atoms with Crippen molar-refractivity contribution in [3.05, 3.63) is 24.2 Å². The molecule has 0 bridgehead atoms. The van der Waals surface area contributed by atoms with Crippen molar-refractivity contribution in [2.24, 2.45) is 0 Å². The Balaban J connectivity index is 2.42. The minimum absolute atomic E-state index is 0.106. The zero-order chi connectivity index (χ0) is 11.7. The third kappa shape index (κ3) is 1.92. The van der Waals surface area contributed by atoms with Gasteiger partial charge in [-0.25, -0.2) is 0 Å². The lowest BCUT2D eigenvalue weighted by atomic mass is 10.2. The van der Waals surface area contributed by atoms with Crippen LogP contribution in [0.5, 0.6) is 5.75 Å². The molecule has 1 saturated heterocycles. The summed E-state index contributed by atoms with van der Waals surface area (Å²) in [6, 6.07) is 1.05. The molecule has 0 spiro atoms. The molecule has 0 aliphatic carbocycles. The third-order valence-electron chi connectivity index (χ3n) is 1.98. The highest BCUT2D eigenvalue weighted by Crippen LogP contribution is 2.20. The van der Waals surface area contributed by atoms with Crippen LogP contribution in [0.2, 0.25) is 0 Å². The summed E-state index contributed by atoms with van der Waals surface area (Å²) in [4.78, 5) is 1.84. The first kappa shape index (κ1) is 5.50. The average Bonchev–Trinajstić information content (AvgIpc) is 2.28. The Morgan fingerprint density at radius 1 is 1.38 bits per heavy atom. The summed E-state index contributed by atoms with van der Waals surface area (Å²) >= 11 is 0. The van der Waals surface area contributed by atoms with Gasteiger partial charge in [0.15, 0.2) is 0 Å². The number of anilines is 1. The smallest absolute Gasteiger partial charge is 0.117 e. The van der Waals surface area contributed by atoms with Crippen LogP contribution in [0, 0.1) is 0 Å². The lowest BCUT2D eigenvalue weighted by Crippen LogP contribution is -2.36. The van der Waals surface area contributed by atoms with Crippen LogP contribution in [-0.4, -0.2) is 31.4 Å². The monoisotopic (exact) mass is 182 g/mol. The zero-order valence-corrected chi connectivity index (χ0v) is 7.21. The molecule has 13 heavy (non-hydrogen) atoms. The summed E-state index contributed by atoms with van der Waals surface area (Å²) in [5, 5.41) is 9.53. The Bertz CT molecular complexity index is 406. The summed E-state index contributed by atoms with van der Waals surface area (Å²) < 4.78 is 28.1. The fourth-order valence-electron chi connectivity index (χ4n) is 1.31. The molecule has 1 aliphatic rings. The highest BCUT2D eigenvalue weighted by molar-refractivity contribution is 5.50. The van der Waals surface area contributed by atoms with Gasteiger partial charge in [-0.3, -0.25) is 0 Å². The van der Waals surface area contributed by atoms with Crippen LogP contribution in [0.25, 0.3) is 0 Å². The first-order valence-corrected chi connectivity index (χ1v) is 4.23. The lowest BCUT2D eigenvalue weighted by molar-refractivity contribution is 0.122. The topological polar surface area (TPSA) is 32.7 Å². The van der Waals surface area contributed by atoms with E-state index < -0.39 is 0 Å². The van der Waals surface area contributed by atoms with Crippen molar-refractivity contribution in [2.75, 3.05) is 31.2 Å². The molecule has 1 N–H and O–H groups in total. The van der Waals surface area contributed by atoms with Crippen molar-refractivity contribution < 1.29 is 14.0 Å². The number of rotatable bonds is 1. The van der Waals surface area contributed by atoms with E-state index in [2.05, 4.69) is 0 Å². The number of morpholine rings is 1. The molecule has 70 valence electrons. The Kier molecular flexibility index (Phi) is 1.55. The second kappa shape index (κ2) is 3.66. The number of aromatic hydroxyl groups is 1. The van der Waals surface area contributed by atoms with Gasteiger partial charge in [0, 0.05) is 24.8 Å². The van der Waals surface area contributed by atoms with Gasteiger partial charge in [0.1, 0.15) is 5.75 Å². The molecule has 0 unspecified atom stereocenters. The molecule has 1 fully saturated rings. The molecule has 0 atom stereocenters. The minimum atomic E-state index is -0.363. The molecular weight excluding hydrogens is 166 g/mol. The summed E-state index contributed by atoms with van der Waals surface area (Å²) in [5.74, 6) is -0.363. The van der Waals surface area contributed by atoms with Crippen LogP contribution >= 0.6 is 0 Å². The standard InChI is InChI=1S/C10H13NO2/c12-10-3-1-2-9(8-10)11-4-6-13-7-5-11/h1-3,8,12H,4-7H2/i2D,3D,8D. The quantitative estimate of drug-likeness (QED) is 0.709. The van der Waals surface area contributed by atoms with Gasteiger partial charge in [0.05, 0.1) is 17.3 Å². The highest BCUT2D eigenvalue weighted by atomic mass is 16.5. The highest BCUT2D eigenvalue weighted by Gasteiger charge is 2.10. The van der Waals surface area contributed by atoms with Crippen molar-refractivity contribution >= 4 is 5.69 Å². The Morgan fingerprint density at radius 2 is 2.15 bits per heavy atom. The average molecular weight is 182 g/mol. The number of nitrogens with zero attached hydrogens (tertiary/aromatic N) is 1. The van der Waals surface area contributed by atoms with Gasteiger partial charge in [0.25, 0.3) is 0 Å². The SMILES string of the molecule is [2H]c1cc([2H])c(N2CCOCC2)c([2H])c1O. The van der Waals surface area contributed by atoms with Crippen LogP contribution in [0.1, 0.15) is 4.11 Å². The number of phenolic OH excluding ortho intramolecular Hbond substituents is 1. The Morgan fingerprint density at radius 3 is 2.92 bits per heavy atom. The van der Waals surface area contributed by atoms with E-state index in [4.69, 9.17) is 8.85 Å². The maximum atomic E-state index is 9.53. The second-order valence-electron chi connectivity index (χ2n) is 2.85. The van der Waals surface area contributed by atoms with E-state index in [1.165, 1.54) is 6.07 Å². The lowest BCUT2D eigenvalue weighted by Gasteiger charge is -2.28. The Labute approximate surface area is 81.8 Å². The maximum absolute atomic E-state index is 9.53. The first-order chi connectivity index (χ1) is 7.61. The normalized spacial score (nSPS) is 20.6. The molecule has 1 heterocycles. The molecular formula is C10H13NO2. The third-order valence-corrected chi connectivity index (χ3v) is 1.98. The summed E-state index contributed by atoms with van der Waals surface area (Å²) in [6.07, 6.45) is 0. The fourth-order valence-corrected chi connectivity index (χ4v) is 1.31. The summed E-state index contributed by atoms with van der Waals surface area (Å²) in [7, 11) is 0. The maximum Gasteiger partial charge on any atom is 0.117 e. The largest absolute Gasteiger partial charge is 0.508 e. The molecule has 0 amide bonds. The number of ether oxygens (including phenoxy) is 1. The summed E-state index contributed by atoms with van der Waals surface area (Å²) in [5.41, 5.74) is 0.386. The number of hydrogen-bond donors (Lipinski definition) is 1. The van der Waals surface area contributed by atoms with Gasteiger partial charge in [-0.05, 0) is 12.1 Å². The second-order valence-corrected chi connectivity index (χ2v) is 2.85. The number of benzene rings is 1. The molecule has 3 nitrogen and oxygen atoms in total. The van der Waals surface area contributed by atoms with Gasteiger partial charge < -0.3 is 14.7 Å². The van der Waals surface area contributed by atoms with Crippen LogP contribution in [-0.2, 0) is 4.74 Å². The van der Waals surface area contributed by atoms with E-state index in [-0.39, 0.29) is 23.9 Å². The van der Waals surface area contributed by atoms with Gasteiger partial charge in [-0.1, -0.05) is 6.07 Å². The van der Waals surface area contributed by atoms with Gasteiger partial charge >= 0.3 is 0 Å². The minimum Gasteiger partial charge on any atom is -0.508 e. The van der Waals surface area contributed by atoms with Gasteiger partial charge in [0.2, 0.25) is 0 Å². The molecule has 1 aromatic rings. The van der Waals surface area contributed by atoms with Gasteiger partial charge in [-0.2, -0.15) is 0 Å². The van der Waals surface area contributed by atoms with Crippen LogP contribution in [0.4, 0.5) is 5.69 Å². The molecule has 0 aromatic heterocycles. The molecule has 0 radical (unpaired) electrons. The van der Waals surface area contributed by atoms with E-state index in [9.17, 15) is 5.11 Å². The van der Waals surface area contributed by atoms with E-state index >= 15 is 0 Å². The Hall–Kier alpha value is -1.22. The van der Waals surface area contributed by atoms with Crippen molar-refractivity contribution in [2.45, 2.75) is 0 Å². The first-order valence-electron chi connectivity index (χ1n) is 5.73. The van der Waals surface area contributed by atoms with E-state index in [0.29, 0.717) is 32.0 Å². The fraction of sp³-hybridized carbons (Fsp3) is 0.400. The van der Waals surface area contributed by atoms with Crippen LogP contribution in [0.3, 0.4) is 0 Å². The van der Waals surface area contributed by atoms with Crippen molar-refractivity contribution in [3.8, 4) is 5.75 Å². The predicted octanol–water partition coefficient (Wildman–Crippen LogP) is 1.23. The summed E-state index contributed by atoms with van der Waals surface area (Å²) in [6.45, 7) is 2.33. The van der Waals surface area contributed by atoms with Crippen LogP contribution in [0.15, 0.2) is 24.2 Å². The molecule has 0 saturated carbocycles. The van der Waals surface area contributed by atoms with Crippen molar-refractivity contribution in [1.82, 2.24) is 0 Å². The molecule has 1 aromatic carbocycles. The van der Waals surface area contributed by atoms with Crippen molar-refractivity contribution in [3.63, 3.8) is 0 Å². The van der Waals surface area contributed by atoms with Crippen LogP contribution < -0.4 is 4.90 Å². The predicted molar refractivity (Wildman–Crippen MR) is 51.1 cm³/mol. The van der Waals surface area contributed by atoms with Gasteiger partial charge in [-0.15, -0.1) is 0 Å². The van der Waals surface area contributed by atoms with E-state index in [1.807, 2.05) is 4.90 Å². The van der Waals surface area contributed by atoms with E-state index in [1.54, 1.807) is 0 Å². The number of hydrogen-bond acceptors (Lipinski definition) is 3. The van der Waals surface area contributed by atoms with Crippen molar-refractivity contribution in [1.29, 1.82) is 0 Å². The molecule has 2 rings (SSSR count). The van der Waals surface area contributed by atoms with E-state index in [0.717, 1.165) is 0 Å². The molecule has 1 aliphatic heterocycles. The molecule has 3 heteroatoms. The zero-order valence-electron chi connectivity index (χ0n) is 10.2.